The van der Waals surface area contributed by atoms with E-state index in [1.807, 2.05) is 0 Å². The number of hydrogen-bond acceptors (Lipinski definition) is 5. The highest BCUT2D eigenvalue weighted by atomic mass is 79.9. The maximum Gasteiger partial charge on any atom is 0.287 e. The van der Waals surface area contributed by atoms with E-state index < -0.39 is 4.92 Å². The summed E-state index contributed by atoms with van der Waals surface area (Å²) in [6.45, 7) is 0. The lowest BCUT2D eigenvalue weighted by molar-refractivity contribution is -0.385. The van der Waals surface area contributed by atoms with Crippen LogP contribution < -0.4 is 10.5 Å². The second kappa shape index (κ2) is 5.66. The number of nitrogens with one attached hydrogen (secondary N) is 1. The van der Waals surface area contributed by atoms with Crippen LogP contribution in [0.4, 0.5) is 5.69 Å². The molecule has 0 aliphatic heterocycles. The maximum absolute atomic E-state index is 10.8. The highest BCUT2D eigenvalue weighted by Gasteiger charge is 2.16. The average molecular weight is 337 g/mol. The molecule has 0 fully saturated rings. The van der Waals surface area contributed by atoms with Crippen molar-refractivity contribution in [1.82, 2.24) is 4.98 Å². The van der Waals surface area contributed by atoms with Gasteiger partial charge in [-0.2, -0.15) is 0 Å². The van der Waals surface area contributed by atoms with Crippen molar-refractivity contribution >= 4 is 27.5 Å². The Morgan fingerprint density at radius 1 is 1.40 bits per heavy atom. The van der Waals surface area contributed by atoms with Crippen molar-refractivity contribution in [3.8, 4) is 11.5 Å². The molecule has 1 aromatic heterocycles. The number of amidine groups is 1. The molecular formula is C12H9BrN4O3. The molecule has 1 aromatic carbocycles. The highest BCUT2D eigenvalue weighted by Crippen LogP contribution is 2.36. The van der Waals surface area contributed by atoms with Crippen molar-refractivity contribution in [2.24, 2.45) is 5.73 Å². The summed E-state index contributed by atoms with van der Waals surface area (Å²) < 4.78 is 5.76. The average Bonchev–Trinajstić information content (AvgIpc) is 2.41. The molecule has 0 spiro atoms. The van der Waals surface area contributed by atoms with Crippen LogP contribution in [0.3, 0.4) is 0 Å². The Kier molecular flexibility index (Phi) is 3.94. The molecule has 1 heterocycles. The molecule has 0 atom stereocenters. The van der Waals surface area contributed by atoms with Gasteiger partial charge in [-0.25, -0.2) is 4.98 Å². The van der Waals surface area contributed by atoms with Crippen LogP contribution in [0.5, 0.6) is 11.5 Å². The SMILES string of the molecule is N=C(N)c1ccc(Oc2cccc([N+](=O)[O-])c2Br)cn1. The number of nitro groups is 1. The number of hydrogen-bond donors (Lipinski definition) is 2. The van der Waals surface area contributed by atoms with Gasteiger partial charge in [-0.3, -0.25) is 15.5 Å². The molecule has 2 rings (SSSR count). The minimum absolute atomic E-state index is 0.0872. The summed E-state index contributed by atoms with van der Waals surface area (Å²) in [5.41, 5.74) is 5.53. The van der Waals surface area contributed by atoms with Gasteiger partial charge in [0.1, 0.15) is 27.5 Å². The fourth-order valence-electron chi connectivity index (χ4n) is 1.45. The van der Waals surface area contributed by atoms with Crippen LogP contribution >= 0.6 is 15.9 Å². The zero-order chi connectivity index (χ0) is 14.7. The van der Waals surface area contributed by atoms with Crippen molar-refractivity contribution in [2.45, 2.75) is 0 Å². The molecule has 0 radical (unpaired) electrons. The van der Waals surface area contributed by atoms with Gasteiger partial charge in [-0.15, -0.1) is 0 Å². The Bertz CT molecular complexity index is 673. The largest absolute Gasteiger partial charge is 0.454 e. The van der Waals surface area contributed by atoms with Crippen LogP contribution in [0, 0.1) is 15.5 Å². The molecule has 102 valence electrons. The lowest BCUT2D eigenvalue weighted by Gasteiger charge is -2.07. The van der Waals surface area contributed by atoms with E-state index in [0.717, 1.165) is 0 Å². The predicted molar refractivity (Wildman–Crippen MR) is 76.1 cm³/mol. The first-order valence-corrected chi connectivity index (χ1v) is 6.19. The zero-order valence-electron chi connectivity index (χ0n) is 10.0. The van der Waals surface area contributed by atoms with Gasteiger partial charge < -0.3 is 10.5 Å². The van der Waals surface area contributed by atoms with E-state index in [-0.39, 0.29) is 16.0 Å². The van der Waals surface area contributed by atoms with E-state index in [2.05, 4.69) is 20.9 Å². The van der Waals surface area contributed by atoms with Crippen LogP contribution in [-0.2, 0) is 0 Å². The van der Waals surface area contributed by atoms with Crippen molar-refractivity contribution in [3.63, 3.8) is 0 Å². The van der Waals surface area contributed by atoms with Crippen LogP contribution in [0.25, 0.3) is 0 Å². The summed E-state index contributed by atoms with van der Waals surface area (Å²) in [7, 11) is 0. The molecule has 0 aliphatic carbocycles. The normalized spacial score (nSPS) is 10.1. The molecule has 0 saturated carbocycles. The van der Waals surface area contributed by atoms with Gasteiger partial charge in [0.25, 0.3) is 5.69 Å². The number of nitro benzene ring substituents is 1. The molecule has 8 heteroatoms. The molecule has 7 nitrogen and oxygen atoms in total. The van der Waals surface area contributed by atoms with Crippen molar-refractivity contribution in [2.75, 3.05) is 0 Å². The topological polar surface area (TPSA) is 115 Å². The Hall–Kier alpha value is -2.48. The number of nitrogen functional groups attached to an aromatic ring is 1. The number of nitrogens with two attached hydrogens (primary N) is 1. The van der Waals surface area contributed by atoms with E-state index in [4.69, 9.17) is 15.9 Å². The third-order valence-corrected chi connectivity index (χ3v) is 3.18. The summed E-state index contributed by atoms with van der Waals surface area (Å²) in [4.78, 5) is 14.2. The van der Waals surface area contributed by atoms with E-state index in [1.165, 1.54) is 24.4 Å². The Balaban J connectivity index is 2.28. The Morgan fingerprint density at radius 3 is 2.70 bits per heavy atom. The summed E-state index contributed by atoms with van der Waals surface area (Å²) >= 11 is 3.14. The van der Waals surface area contributed by atoms with Gasteiger partial charge >= 0.3 is 0 Å². The van der Waals surface area contributed by atoms with E-state index in [1.54, 1.807) is 12.1 Å². The maximum atomic E-state index is 10.8. The highest BCUT2D eigenvalue weighted by molar-refractivity contribution is 9.10. The Labute approximate surface area is 122 Å². The first-order chi connectivity index (χ1) is 9.49. The van der Waals surface area contributed by atoms with Gasteiger partial charge in [-0.05, 0) is 34.1 Å². The zero-order valence-corrected chi connectivity index (χ0v) is 11.6. The first-order valence-electron chi connectivity index (χ1n) is 5.40. The number of halogens is 1. The second-order valence-corrected chi connectivity index (χ2v) is 4.53. The quantitative estimate of drug-likeness (QED) is 0.385. The number of pyridine rings is 1. The van der Waals surface area contributed by atoms with Gasteiger partial charge in [0, 0.05) is 6.07 Å². The van der Waals surface area contributed by atoms with Crippen molar-refractivity contribution in [3.05, 3.63) is 56.8 Å². The number of benzene rings is 1. The van der Waals surface area contributed by atoms with Gasteiger partial charge in [0.15, 0.2) is 0 Å². The lowest BCUT2D eigenvalue weighted by Crippen LogP contribution is -2.12. The van der Waals surface area contributed by atoms with Gasteiger partial charge in [-0.1, -0.05) is 6.07 Å². The molecule has 0 amide bonds. The number of ether oxygens (including phenoxy) is 1. The minimum atomic E-state index is -0.506. The van der Waals surface area contributed by atoms with Gasteiger partial charge in [0.05, 0.1) is 11.1 Å². The molecule has 0 saturated heterocycles. The van der Waals surface area contributed by atoms with E-state index in [0.29, 0.717) is 17.2 Å². The summed E-state index contributed by atoms with van der Waals surface area (Å²) in [5, 5.41) is 18.0. The summed E-state index contributed by atoms with van der Waals surface area (Å²) in [6.07, 6.45) is 1.39. The summed E-state index contributed by atoms with van der Waals surface area (Å²) in [6, 6.07) is 7.59. The molecule has 2 aromatic rings. The second-order valence-electron chi connectivity index (χ2n) is 3.74. The fourth-order valence-corrected chi connectivity index (χ4v) is 1.94. The monoisotopic (exact) mass is 336 g/mol. The van der Waals surface area contributed by atoms with Crippen LogP contribution in [0.1, 0.15) is 5.69 Å². The number of rotatable bonds is 4. The molecular weight excluding hydrogens is 328 g/mol. The molecule has 0 unspecified atom stereocenters. The smallest absolute Gasteiger partial charge is 0.287 e. The Morgan fingerprint density at radius 2 is 2.15 bits per heavy atom. The van der Waals surface area contributed by atoms with E-state index >= 15 is 0 Å². The minimum Gasteiger partial charge on any atom is -0.454 e. The van der Waals surface area contributed by atoms with Gasteiger partial charge in [0.2, 0.25) is 0 Å². The first kappa shape index (κ1) is 13.9. The van der Waals surface area contributed by atoms with Crippen LogP contribution in [0.2, 0.25) is 0 Å². The predicted octanol–water partition coefficient (Wildman–Crippen LogP) is 2.83. The number of nitrogens with zero attached hydrogens (tertiary/aromatic N) is 2. The lowest BCUT2D eigenvalue weighted by atomic mass is 10.3. The molecule has 0 bridgehead atoms. The van der Waals surface area contributed by atoms with E-state index in [9.17, 15) is 10.1 Å². The number of aromatic nitrogens is 1. The fraction of sp³-hybridized carbons (Fsp3) is 0. The molecule has 3 N–H and O–H groups in total. The van der Waals surface area contributed by atoms with Crippen molar-refractivity contribution in [1.29, 1.82) is 5.41 Å². The van der Waals surface area contributed by atoms with Crippen LogP contribution in [-0.4, -0.2) is 15.7 Å². The third-order valence-electron chi connectivity index (χ3n) is 2.38. The summed E-state index contributed by atoms with van der Waals surface area (Å²) in [5.74, 6) is 0.542. The standard InChI is InChI=1S/C12H9BrN4O3/c13-11-9(17(18)19)2-1-3-10(11)20-7-4-5-8(12(14)15)16-6-7/h1-6H,(H3,14,15). The third kappa shape index (κ3) is 2.91. The molecule has 0 aliphatic rings. The van der Waals surface area contributed by atoms with Crippen molar-refractivity contribution < 1.29 is 9.66 Å². The molecule has 20 heavy (non-hydrogen) atoms. The van der Waals surface area contributed by atoms with Crippen LogP contribution in [0.15, 0.2) is 41.0 Å².